The predicted molar refractivity (Wildman–Crippen MR) is 60.9 cm³/mol. The van der Waals surface area contributed by atoms with Crippen LogP contribution in [0.5, 0.6) is 0 Å². The van der Waals surface area contributed by atoms with E-state index in [2.05, 4.69) is 13.8 Å². The molecule has 0 aliphatic carbocycles. The van der Waals surface area contributed by atoms with Gasteiger partial charge in [-0.3, -0.25) is 0 Å². The third kappa shape index (κ3) is 8.68. The van der Waals surface area contributed by atoms with Crippen LogP contribution in [0.4, 0.5) is 0 Å². The number of ether oxygens (including phenoxy) is 1. The van der Waals surface area contributed by atoms with Crippen LogP contribution in [0.25, 0.3) is 0 Å². The standard InChI is InChI=1S/C10H24O3Si/c1-4-7-12-14(13-8-5-2)10-6-9-11-3/h14H,4-10H2,1-3H3. The summed E-state index contributed by atoms with van der Waals surface area (Å²) in [6.45, 7) is 6.75. The van der Waals surface area contributed by atoms with Crippen LogP contribution in [0.1, 0.15) is 33.1 Å². The summed E-state index contributed by atoms with van der Waals surface area (Å²) in [6.07, 6.45) is 3.20. The molecule has 0 rings (SSSR count). The fourth-order valence-electron chi connectivity index (χ4n) is 1.11. The Labute approximate surface area is 89.6 Å². The minimum atomic E-state index is -1.38. The smallest absolute Gasteiger partial charge is 0.321 e. The van der Waals surface area contributed by atoms with Crippen LogP contribution in [0, 0.1) is 0 Å². The highest BCUT2D eigenvalue weighted by Gasteiger charge is 2.11. The van der Waals surface area contributed by atoms with Crippen molar-refractivity contribution < 1.29 is 13.6 Å². The molecule has 0 saturated heterocycles. The van der Waals surface area contributed by atoms with Gasteiger partial charge in [-0.25, -0.2) is 0 Å². The monoisotopic (exact) mass is 220 g/mol. The Kier molecular flexibility index (Phi) is 11.3. The van der Waals surface area contributed by atoms with Crippen LogP contribution in [0.3, 0.4) is 0 Å². The molecular weight excluding hydrogens is 196 g/mol. The average molecular weight is 220 g/mol. The van der Waals surface area contributed by atoms with Crippen molar-refractivity contribution in [3.8, 4) is 0 Å². The first-order valence-electron chi connectivity index (χ1n) is 5.57. The third-order valence-electron chi connectivity index (χ3n) is 1.80. The average Bonchev–Trinajstić information content (AvgIpc) is 2.21. The summed E-state index contributed by atoms with van der Waals surface area (Å²) in [5.41, 5.74) is 0. The lowest BCUT2D eigenvalue weighted by atomic mass is 10.5. The van der Waals surface area contributed by atoms with Crippen molar-refractivity contribution in [3.63, 3.8) is 0 Å². The first-order chi connectivity index (χ1) is 6.85. The second-order valence-corrected chi connectivity index (χ2v) is 5.41. The van der Waals surface area contributed by atoms with Gasteiger partial charge in [-0.15, -0.1) is 0 Å². The maximum atomic E-state index is 5.70. The van der Waals surface area contributed by atoms with E-state index in [-0.39, 0.29) is 0 Å². The lowest BCUT2D eigenvalue weighted by Gasteiger charge is -2.15. The Bertz CT molecular complexity index is 104. The second kappa shape index (κ2) is 11.2. The molecule has 0 fully saturated rings. The summed E-state index contributed by atoms with van der Waals surface area (Å²) < 4.78 is 16.4. The molecule has 0 aliphatic heterocycles. The van der Waals surface area contributed by atoms with E-state index < -0.39 is 9.28 Å². The maximum absolute atomic E-state index is 5.70. The SMILES string of the molecule is CCCO[SiH](CCCOC)OCCC. The van der Waals surface area contributed by atoms with Gasteiger partial charge in [-0.1, -0.05) is 13.8 Å². The second-order valence-electron chi connectivity index (χ2n) is 3.31. The van der Waals surface area contributed by atoms with Gasteiger partial charge in [0.15, 0.2) is 0 Å². The normalized spacial score (nSPS) is 11.1. The molecule has 0 radical (unpaired) electrons. The van der Waals surface area contributed by atoms with E-state index in [0.717, 1.165) is 45.1 Å². The van der Waals surface area contributed by atoms with Crippen molar-refractivity contribution in [1.82, 2.24) is 0 Å². The van der Waals surface area contributed by atoms with Crippen molar-refractivity contribution >= 4 is 9.28 Å². The zero-order chi connectivity index (χ0) is 10.6. The minimum absolute atomic E-state index is 0.814. The molecule has 0 heterocycles. The lowest BCUT2D eigenvalue weighted by Crippen LogP contribution is -2.24. The van der Waals surface area contributed by atoms with Crippen LogP contribution < -0.4 is 0 Å². The summed E-state index contributed by atoms with van der Waals surface area (Å²) in [6, 6.07) is 1.06. The topological polar surface area (TPSA) is 27.7 Å². The van der Waals surface area contributed by atoms with Gasteiger partial charge in [0.25, 0.3) is 0 Å². The van der Waals surface area contributed by atoms with Gasteiger partial charge in [0, 0.05) is 26.9 Å². The molecule has 3 nitrogen and oxygen atoms in total. The van der Waals surface area contributed by atoms with Crippen molar-refractivity contribution in [3.05, 3.63) is 0 Å². The highest BCUT2D eigenvalue weighted by atomic mass is 28.3. The van der Waals surface area contributed by atoms with Crippen molar-refractivity contribution in [2.75, 3.05) is 26.9 Å². The zero-order valence-corrected chi connectivity index (χ0v) is 10.9. The minimum Gasteiger partial charge on any atom is -0.397 e. The van der Waals surface area contributed by atoms with Gasteiger partial charge in [-0.05, 0) is 25.3 Å². The first-order valence-corrected chi connectivity index (χ1v) is 7.33. The van der Waals surface area contributed by atoms with E-state index in [4.69, 9.17) is 13.6 Å². The van der Waals surface area contributed by atoms with Gasteiger partial charge in [-0.2, -0.15) is 0 Å². The van der Waals surface area contributed by atoms with Crippen molar-refractivity contribution in [1.29, 1.82) is 0 Å². The van der Waals surface area contributed by atoms with E-state index in [1.165, 1.54) is 0 Å². The number of hydrogen-bond acceptors (Lipinski definition) is 3. The van der Waals surface area contributed by atoms with Gasteiger partial charge >= 0.3 is 9.28 Å². The highest BCUT2D eigenvalue weighted by Crippen LogP contribution is 2.03. The van der Waals surface area contributed by atoms with Crippen LogP contribution in [-0.4, -0.2) is 36.2 Å². The molecule has 0 bridgehead atoms. The Morgan fingerprint density at radius 3 is 1.93 bits per heavy atom. The van der Waals surface area contributed by atoms with E-state index >= 15 is 0 Å². The molecule has 0 aromatic heterocycles. The molecule has 0 unspecified atom stereocenters. The fraction of sp³-hybridized carbons (Fsp3) is 1.00. The predicted octanol–water partition coefficient (Wildman–Crippen LogP) is 2.10. The lowest BCUT2D eigenvalue weighted by molar-refractivity contribution is 0.178. The number of methoxy groups -OCH3 is 1. The van der Waals surface area contributed by atoms with E-state index in [1.807, 2.05) is 0 Å². The van der Waals surface area contributed by atoms with Crippen LogP contribution in [0.2, 0.25) is 6.04 Å². The Balaban J connectivity index is 3.49. The van der Waals surface area contributed by atoms with E-state index in [9.17, 15) is 0 Å². The fourth-order valence-corrected chi connectivity index (χ4v) is 3.03. The summed E-state index contributed by atoms with van der Waals surface area (Å²) in [5, 5.41) is 0. The summed E-state index contributed by atoms with van der Waals surface area (Å²) >= 11 is 0. The van der Waals surface area contributed by atoms with Gasteiger partial charge in [0.2, 0.25) is 0 Å². The van der Waals surface area contributed by atoms with Crippen LogP contribution in [-0.2, 0) is 13.6 Å². The molecule has 0 N–H and O–H groups in total. The van der Waals surface area contributed by atoms with Gasteiger partial charge in [0.1, 0.15) is 0 Å². The molecule has 4 heteroatoms. The van der Waals surface area contributed by atoms with Gasteiger partial charge in [0.05, 0.1) is 0 Å². The molecule has 14 heavy (non-hydrogen) atoms. The van der Waals surface area contributed by atoms with Crippen molar-refractivity contribution in [2.45, 2.75) is 39.2 Å². The number of hydrogen-bond donors (Lipinski definition) is 0. The van der Waals surface area contributed by atoms with Crippen LogP contribution >= 0.6 is 0 Å². The molecule has 0 amide bonds. The first kappa shape index (κ1) is 14.1. The number of rotatable bonds is 10. The molecule has 0 saturated carbocycles. The molecule has 0 aromatic rings. The van der Waals surface area contributed by atoms with Gasteiger partial charge < -0.3 is 13.6 Å². The maximum Gasteiger partial charge on any atom is 0.321 e. The molecule has 86 valence electrons. The molecule has 0 atom stereocenters. The summed E-state index contributed by atoms with van der Waals surface area (Å²) in [5.74, 6) is 0. The van der Waals surface area contributed by atoms with Crippen LogP contribution in [0.15, 0.2) is 0 Å². The van der Waals surface area contributed by atoms with E-state index in [0.29, 0.717) is 0 Å². The molecular formula is C10H24O3Si. The molecule has 0 spiro atoms. The molecule has 0 aromatic carbocycles. The Hall–Kier alpha value is 0.0969. The molecule has 0 aliphatic rings. The quantitative estimate of drug-likeness (QED) is 0.417. The Morgan fingerprint density at radius 2 is 1.50 bits per heavy atom. The highest BCUT2D eigenvalue weighted by molar-refractivity contribution is 6.44. The summed E-state index contributed by atoms with van der Waals surface area (Å²) in [4.78, 5) is 0. The summed E-state index contributed by atoms with van der Waals surface area (Å²) in [7, 11) is 0.352. The Morgan fingerprint density at radius 1 is 0.929 bits per heavy atom. The van der Waals surface area contributed by atoms with Crippen molar-refractivity contribution in [2.24, 2.45) is 0 Å². The third-order valence-corrected chi connectivity index (χ3v) is 3.90. The zero-order valence-electron chi connectivity index (χ0n) is 9.75. The largest absolute Gasteiger partial charge is 0.397 e. The van der Waals surface area contributed by atoms with E-state index in [1.54, 1.807) is 7.11 Å².